The molecule has 0 saturated heterocycles. The van der Waals surface area contributed by atoms with Gasteiger partial charge in [0, 0.05) is 6.20 Å². The highest BCUT2D eigenvalue weighted by Crippen LogP contribution is 2.22. The average Bonchev–Trinajstić information content (AvgIpc) is 2.37. The van der Waals surface area contributed by atoms with Gasteiger partial charge in [-0.2, -0.15) is 0 Å². The summed E-state index contributed by atoms with van der Waals surface area (Å²) in [5.41, 5.74) is 0.680. The van der Waals surface area contributed by atoms with Crippen LogP contribution < -0.4 is 15.4 Å². The summed E-state index contributed by atoms with van der Waals surface area (Å²) >= 11 is 0. The van der Waals surface area contributed by atoms with E-state index >= 15 is 0 Å². The molecule has 0 fully saturated rings. The second-order valence-corrected chi connectivity index (χ2v) is 4.31. The molecule has 0 bridgehead atoms. The quantitative estimate of drug-likeness (QED) is 0.760. The molecule has 1 aromatic rings. The third-order valence-electron chi connectivity index (χ3n) is 2.25. The molecule has 0 saturated carbocycles. The van der Waals surface area contributed by atoms with E-state index in [9.17, 15) is 4.79 Å². The van der Waals surface area contributed by atoms with Crippen molar-refractivity contribution in [1.82, 2.24) is 10.3 Å². The predicted octanol–water partition coefficient (Wildman–Crippen LogP) is 1.42. The standard InChI is InChI=1S/C14H19N3O2/c1-5-8-15-13(18)11(4)17-12-7-6-9-16-14(12)19-10(2)3/h1,6-7,9-11,17H,8H2,2-4H3,(H,15,18). The Balaban J connectivity index is 2.71. The summed E-state index contributed by atoms with van der Waals surface area (Å²) in [6.07, 6.45) is 6.75. The molecule has 0 radical (unpaired) electrons. The molecule has 1 rings (SSSR count). The van der Waals surface area contributed by atoms with Crippen molar-refractivity contribution in [3.63, 3.8) is 0 Å². The molecule has 1 amide bonds. The van der Waals surface area contributed by atoms with Crippen LogP contribution >= 0.6 is 0 Å². The van der Waals surface area contributed by atoms with E-state index in [1.165, 1.54) is 0 Å². The Morgan fingerprint density at radius 2 is 2.26 bits per heavy atom. The van der Waals surface area contributed by atoms with Gasteiger partial charge in [0.1, 0.15) is 6.04 Å². The average molecular weight is 261 g/mol. The third-order valence-corrected chi connectivity index (χ3v) is 2.25. The molecule has 0 aliphatic heterocycles. The Morgan fingerprint density at radius 1 is 1.53 bits per heavy atom. The van der Waals surface area contributed by atoms with Crippen molar-refractivity contribution in [3.8, 4) is 18.2 Å². The Hall–Kier alpha value is -2.22. The third kappa shape index (κ3) is 4.88. The Bertz CT molecular complexity index is 466. The Labute approximate surface area is 113 Å². The summed E-state index contributed by atoms with van der Waals surface area (Å²) in [6, 6.07) is 3.17. The molecule has 2 N–H and O–H groups in total. The lowest BCUT2D eigenvalue weighted by molar-refractivity contribution is -0.121. The SMILES string of the molecule is C#CCNC(=O)C(C)Nc1cccnc1OC(C)C. The molecule has 0 aliphatic carbocycles. The van der Waals surface area contributed by atoms with Crippen molar-refractivity contribution in [1.29, 1.82) is 0 Å². The van der Waals surface area contributed by atoms with Gasteiger partial charge in [0.2, 0.25) is 11.8 Å². The van der Waals surface area contributed by atoms with Crippen LogP contribution in [0.15, 0.2) is 18.3 Å². The monoisotopic (exact) mass is 261 g/mol. The topological polar surface area (TPSA) is 63.2 Å². The van der Waals surface area contributed by atoms with Gasteiger partial charge in [-0.25, -0.2) is 4.98 Å². The van der Waals surface area contributed by atoms with Gasteiger partial charge in [-0.3, -0.25) is 4.79 Å². The minimum Gasteiger partial charge on any atom is -0.473 e. The predicted molar refractivity (Wildman–Crippen MR) is 74.9 cm³/mol. The number of anilines is 1. The lowest BCUT2D eigenvalue weighted by Crippen LogP contribution is -2.37. The molecule has 1 aromatic heterocycles. The summed E-state index contributed by atoms with van der Waals surface area (Å²) < 4.78 is 5.57. The zero-order valence-electron chi connectivity index (χ0n) is 11.4. The minimum atomic E-state index is -0.424. The summed E-state index contributed by atoms with van der Waals surface area (Å²) in [7, 11) is 0. The number of pyridine rings is 1. The van der Waals surface area contributed by atoms with Crippen LogP contribution in [0.2, 0.25) is 0 Å². The maximum absolute atomic E-state index is 11.7. The van der Waals surface area contributed by atoms with Gasteiger partial charge in [-0.15, -0.1) is 6.42 Å². The molecule has 0 aromatic carbocycles. The number of rotatable bonds is 6. The van der Waals surface area contributed by atoms with Crippen LogP contribution in [0, 0.1) is 12.3 Å². The van der Waals surface area contributed by atoms with Gasteiger partial charge >= 0.3 is 0 Å². The molecule has 1 unspecified atom stereocenters. The highest BCUT2D eigenvalue weighted by molar-refractivity contribution is 5.84. The maximum atomic E-state index is 11.7. The molecular formula is C14H19N3O2. The number of nitrogens with zero attached hydrogens (tertiary/aromatic N) is 1. The molecule has 1 atom stereocenters. The minimum absolute atomic E-state index is 0.0148. The first kappa shape index (κ1) is 14.8. The van der Waals surface area contributed by atoms with Crippen LogP contribution in [0.5, 0.6) is 5.88 Å². The van der Waals surface area contributed by atoms with E-state index in [1.807, 2.05) is 19.9 Å². The van der Waals surface area contributed by atoms with E-state index in [0.29, 0.717) is 11.6 Å². The van der Waals surface area contributed by atoms with Crippen molar-refractivity contribution in [2.75, 3.05) is 11.9 Å². The summed E-state index contributed by atoms with van der Waals surface area (Å²) in [4.78, 5) is 15.9. The van der Waals surface area contributed by atoms with Crippen LogP contribution in [-0.4, -0.2) is 29.6 Å². The number of nitrogens with one attached hydrogen (secondary N) is 2. The second kappa shape index (κ2) is 7.27. The summed E-state index contributed by atoms with van der Waals surface area (Å²) in [6.45, 7) is 5.80. The van der Waals surface area contributed by atoms with E-state index < -0.39 is 6.04 Å². The number of carbonyl (C=O) groups is 1. The normalized spacial score (nSPS) is 11.5. The second-order valence-electron chi connectivity index (χ2n) is 4.31. The Kier molecular flexibility index (Phi) is 5.68. The first-order valence-corrected chi connectivity index (χ1v) is 6.14. The fraction of sp³-hybridized carbons (Fsp3) is 0.429. The molecule has 102 valence electrons. The lowest BCUT2D eigenvalue weighted by Gasteiger charge is -2.17. The van der Waals surface area contributed by atoms with Crippen molar-refractivity contribution in [2.24, 2.45) is 0 Å². The van der Waals surface area contributed by atoms with Crippen LogP contribution in [0.1, 0.15) is 20.8 Å². The molecule has 1 heterocycles. The van der Waals surface area contributed by atoms with Crippen LogP contribution in [0.3, 0.4) is 0 Å². The number of terminal acetylenes is 1. The summed E-state index contributed by atoms with van der Waals surface area (Å²) in [5, 5.41) is 5.67. The maximum Gasteiger partial charge on any atom is 0.242 e. The first-order chi connectivity index (χ1) is 9.04. The highest BCUT2D eigenvalue weighted by atomic mass is 16.5. The van der Waals surface area contributed by atoms with Gasteiger partial charge in [0.05, 0.1) is 18.3 Å². The molecule has 5 heteroatoms. The lowest BCUT2D eigenvalue weighted by atomic mass is 10.3. The molecule has 0 spiro atoms. The number of amides is 1. The summed E-state index contributed by atoms with van der Waals surface area (Å²) in [5.74, 6) is 2.67. The van der Waals surface area contributed by atoms with Gasteiger partial charge < -0.3 is 15.4 Å². The fourth-order valence-corrected chi connectivity index (χ4v) is 1.41. The largest absolute Gasteiger partial charge is 0.473 e. The van der Waals surface area contributed by atoms with E-state index in [1.54, 1.807) is 19.2 Å². The zero-order valence-corrected chi connectivity index (χ0v) is 11.4. The van der Waals surface area contributed by atoms with Crippen molar-refractivity contribution in [2.45, 2.75) is 32.9 Å². The van der Waals surface area contributed by atoms with E-state index in [-0.39, 0.29) is 18.6 Å². The number of aromatic nitrogens is 1. The van der Waals surface area contributed by atoms with E-state index in [0.717, 1.165) is 0 Å². The molecule has 0 aliphatic rings. The molecule has 19 heavy (non-hydrogen) atoms. The fourth-order valence-electron chi connectivity index (χ4n) is 1.41. The van der Waals surface area contributed by atoms with Crippen molar-refractivity contribution in [3.05, 3.63) is 18.3 Å². The zero-order chi connectivity index (χ0) is 14.3. The van der Waals surface area contributed by atoms with Crippen LogP contribution in [-0.2, 0) is 4.79 Å². The first-order valence-electron chi connectivity index (χ1n) is 6.14. The Morgan fingerprint density at radius 3 is 2.89 bits per heavy atom. The number of hydrogen-bond donors (Lipinski definition) is 2. The number of hydrogen-bond acceptors (Lipinski definition) is 4. The van der Waals surface area contributed by atoms with Crippen molar-refractivity contribution < 1.29 is 9.53 Å². The smallest absolute Gasteiger partial charge is 0.242 e. The highest BCUT2D eigenvalue weighted by Gasteiger charge is 2.14. The van der Waals surface area contributed by atoms with Gasteiger partial charge in [0.25, 0.3) is 0 Å². The van der Waals surface area contributed by atoms with Crippen LogP contribution in [0.4, 0.5) is 5.69 Å². The molecule has 5 nitrogen and oxygen atoms in total. The van der Waals surface area contributed by atoms with Gasteiger partial charge in [-0.05, 0) is 32.9 Å². The van der Waals surface area contributed by atoms with Gasteiger partial charge in [0.15, 0.2) is 0 Å². The van der Waals surface area contributed by atoms with E-state index in [2.05, 4.69) is 21.5 Å². The number of carbonyl (C=O) groups excluding carboxylic acids is 1. The van der Waals surface area contributed by atoms with E-state index in [4.69, 9.17) is 11.2 Å². The number of ether oxygens (including phenoxy) is 1. The molecular weight excluding hydrogens is 242 g/mol. The van der Waals surface area contributed by atoms with Crippen molar-refractivity contribution >= 4 is 11.6 Å². The van der Waals surface area contributed by atoms with Gasteiger partial charge in [-0.1, -0.05) is 5.92 Å². The van der Waals surface area contributed by atoms with Crippen LogP contribution in [0.25, 0.3) is 0 Å².